The van der Waals surface area contributed by atoms with Gasteiger partial charge in [0.1, 0.15) is 0 Å². The smallest absolute Gasteiger partial charge is 0.0279 e. The molecule has 33 heavy (non-hydrogen) atoms. The minimum Gasteiger partial charge on any atom is -0.141 e. The third-order valence-electron chi connectivity index (χ3n) is 5.95. The van der Waals surface area contributed by atoms with Gasteiger partial charge in [-0.05, 0) is 52.5 Å². The largest absolute Gasteiger partial charge is 0.141 e. The van der Waals surface area contributed by atoms with Crippen molar-refractivity contribution in [1.29, 1.82) is 0 Å². The molecule has 0 saturated carbocycles. The predicted octanol–water partition coefficient (Wildman–Crippen LogP) is 8.71. The Balaban J connectivity index is 1.48. The molecule has 1 heteroatoms. The minimum absolute atomic E-state index is 0.352. The molecule has 0 unspecified atom stereocenters. The van der Waals surface area contributed by atoms with E-state index in [1.54, 1.807) is 0 Å². The molecule has 0 saturated heterocycles. The normalized spacial score (nSPS) is 10.8. The van der Waals surface area contributed by atoms with Gasteiger partial charge in [-0.3, -0.25) is 0 Å². The molecule has 0 spiro atoms. The Morgan fingerprint density at radius 1 is 0.545 bits per heavy atom. The SMILES string of the molecule is C(=C(c1ccccc1)c1ccccc1)c1ccc(CC(c2ccccc2)c2ccccc2)s1. The van der Waals surface area contributed by atoms with Crippen LogP contribution in [0.1, 0.15) is 37.9 Å². The molecular weight excluding hydrogens is 416 g/mol. The van der Waals surface area contributed by atoms with Crippen LogP contribution in [0.2, 0.25) is 0 Å². The van der Waals surface area contributed by atoms with Crippen LogP contribution in [0.25, 0.3) is 11.6 Å². The van der Waals surface area contributed by atoms with Gasteiger partial charge in [0.2, 0.25) is 0 Å². The first-order chi connectivity index (χ1) is 16.4. The Hall–Kier alpha value is -3.68. The van der Waals surface area contributed by atoms with Crippen LogP contribution < -0.4 is 0 Å². The fourth-order valence-corrected chi connectivity index (χ4v) is 5.29. The molecule has 0 atom stereocenters. The topological polar surface area (TPSA) is 0 Å². The van der Waals surface area contributed by atoms with E-state index in [2.05, 4.69) is 140 Å². The third-order valence-corrected chi connectivity index (χ3v) is 7.00. The summed E-state index contributed by atoms with van der Waals surface area (Å²) < 4.78 is 0. The van der Waals surface area contributed by atoms with Crippen molar-refractivity contribution in [3.05, 3.63) is 165 Å². The van der Waals surface area contributed by atoms with Crippen molar-refractivity contribution in [2.24, 2.45) is 0 Å². The average Bonchev–Trinajstić information content (AvgIpc) is 3.35. The van der Waals surface area contributed by atoms with Crippen LogP contribution >= 0.6 is 11.3 Å². The number of hydrogen-bond donors (Lipinski definition) is 0. The van der Waals surface area contributed by atoms with Crippen molar-refractivity contribution in [1.82, 2.24) is 0 Å². The lowest BCUT2D eigenvalue weighted by Gasteiger charge is -2.17. The van der Waals surface area contributed by atoms with Crippen molar-refractivity contribution < 1.29 is 0 Å². The molecule has 0 radical (unpaired) electrons. The first-order valence-electron chi connectivity index (χ1n) is 11.4. The van der Waals surface area contributed by atoms with Gasteiger partial charge in [0.25, 0.3) is 0 Å². The van der Waals surface area contributed by atoms with Gasteiger partial charge in [0.05, 0.1) is 0 Å². The van der Waals surface area contributed by atoms with Gasteiger partial charge in [-0.2, -0.15) is 0 Å². The van der Waals surface area contributed by atoms with E-state index in [4.69, 9.17) is 0 Å². The Morgan fingerprint density at radius 2 is 1.00 bits per heavy atom. The monoisotopic (exact) mass is 442 g/mol. The highest BCUT2D eigenvalue weighted by Gasteiger charge is 2.16. The molecule has 0 amide bonds. The molecule has 0 aliphatic carbocycles. The molecule has 0 nitrogen and oxygen atoms in total. The first-order valence-corrected chi connectivity index (χ1v) is 12.2. The summed E-state index contributed by atoms with van der Waals surface area (Å²) in [6.07, 6.45) is 3.33. The average molecular weight is 443 g/mol. The van der Waals surface area contributed by atoms with Crippen molar-refractivity contribution in [2.75, 3.05) is 0 Å². The Kier molecular flexibility index (Phi) is 6.61. The van der Waals surface area contributed by atoms with E-state index >= 15 is 0 Å². The summed E-state index contributed by atoms with van der Waals surface area (Å²) in [5, 5.41) is 0. The van der Waals surface area contributed by atoms with Crippen LogP contribution in [0.5, 0.6) is 0 Å². The number of hydrogen-bond acceptors (Lipinski definition) is 1. The molecule has 1 aromatic heterocycles. The lowest BCUT2D eigenvalue weighted by atomic mass is 9.88. The summed E-state index contributed by atoms with van der Waals surface area (Å²) >= 11 is 1.89. The van der Waals surface area contributed by atoms with Crippen LogP contribution in [0, 0.1) is 0 Å². The highest BCUT2D eigenvalue weighted by atomic mass is 32.1. The molecule has 0 bridgehead atoms. The van der Waals surface area contributed by atoms with E-state index in [1.165, 1.54) is 37.6 Å². The van der Waals surface area contributed by atoms with Crippen molar-refractivity contribution in [3.8, 4) is 0 Å². The maximum absolute atomic E-state index is 2.33. The predicted molar refractivity (Wildman–Crippen MR) is 143 cm³/mol. The first kappa shape index (κ1) is 21.2. The van der Waals surface area contributed by atoms with E-state index in [1.807, 2.05) is 11.3 Å². The zero-order chi connectivity index (χ0) is 22.3. The van der Waals surface area contributed by atoms with Gasteiger partial charge in [0.15, 0.2) is 0 Å². The zero-order valence-electron chi connectivity index (χ0n) is 18.5. The molecule has 1 heterocycles. The standard InChI is InChI=1S/C32H26S/c1-5-13-25(14-6-1)31(26-15-7-2-8-16-26)23-29-21-22-30(33-29)24-32(27-17-9-3-10-18-27)28-19-11-4-12-20-28/h1-23,32H,24H2. The van der Waals surface area contributed by atoms with Gasteiger partial charge >= 0.3 is 0 Å². The quantitative estimate of drug-likeness (QED) is 0.236. The Labute approximate surface area is 200 Å². The lowest BCUT2D eigenvalue weighted by molar-refractivity contribution is 0.816. The number of thiophene rings is 1. The molecule has 160 valence electrons. The minimum atomic E-state index is 0.352. The molecule has 0 N–H and O–H groups in total. The molecule has 0 fully saturated rings. The van der Waals surface area contributed by atoms with E-state index in [0.29, 0.717) is 5.92 Å². The Bertz CT molecular complexity index is 1220. The fraction of sp³-hybridized carbons (Fsp3) is 0.0625. The molecule has 5 aromatic rings. The van der Waals surface area contributed by atoms with Gasteiger partial charge in [-0.1, -0.05) is 121 Å². The second-order valence-electron chi connectivity index (χ2n) is 8.17. The van der Waals surface area contributed by atoms with Crippen LogP contribution in [0.15, 0.2) is 133 Å². The van der Waals surface area contributed by atoms with Crippen molar-refractivity contribution in [2.45, 2.75) is 12.3 Å². The zero-order valence-corrected chi connectivity index (χ0v) is 19.3. The molecular formula is C32H26S. The van der Waals surface area contributed by atoms with E-state index in [-0.39, 0.29) is 0 Å². The highest BCUT2D eigenvalue weighted by molar-refractivity contribution is 7.13. The maximum atomic E-state index is 2.33. The third kappa shape index (κ3) is 5.22. The number of benzene rings is 4. The van der Waals surface area contributed by atoms with E-state index in [0.717, 1.165) is 6.42 Å². The van der Waals surface area contributed by atoms with Crippen molar-refractivity contribution >= 4 is 23.0 Å². The lowest BCUT2D eigenvalue weighted by Crippen LogP contribution is -2.03. The molecule has 5 rings (SSSR count). The van der Waals surface area contributed by atoms with Gasteiger partial charge < -0.3 is 0 Å². The summed E-state index contributed by atoms with van der Waals surface area (Å²) in [6, 6.07) is 47.6. The van der Waals surface area contributed by atoms with Crippen LogP contribution in [0.3, 0.4) is 0 Å². The van der Waals surface area contributed by atoms with E-state index in [9.17, 15) is 0 Å². The highest BCUT2D eigenvalue weighted by Crippen LogP contribution is 2.33. The van der Waals surface area contributed by atoms with Crippen LogP contribution in [-0.4, -0.2) is 0 Å². The van der Waals surface area contributed by atoms with E-state index < -0.39 is 0 Å². The summed E-state index contributed by atoms with van der Waals surface area (Å²) in [7, 11) is 0. The van der Waals surface area contributed by atoms with Crippen LogP contribution in [-0.2, 0) is 6.42 Å². The second-order valence-corrected chi connectivity index (χ2v) is 9.37. The number of rotatable bonds is 7. The van der Waals surface area contributed by atoms with Gasteiger partial charge in [0, 0.05) is 15.7 Å². The fourth-order valence-electron chi connectivity index (χ4n) is 4.29. The summed E-state index contributed by atoms with van der Waals surface area (Å²) in [5.74, 6) is 0.352. The summed E-state index contributed by atoms with van der Waals surface area (Å²) in [6.45, 7) is 0. The van der Waals surface area contributed by atoms with Crippen molar-refractivity contribution in [3.63, 3.8) is 0 Å². The summed E-state index contributed by atoms with van der Waals surface area (Å²) in [5.41, 5.74) is 6.47. The van der Waals surface area contributed by atoms with Crippen LogP contribution in [0.4, 0.5) is 0 Å². The second kappa shape index (κ2) is 10.3. The van der Waals surface area contributed by atoms with Gasteiger partial charge in [-0.25, -0.2) is 0 Å². The van der Waals surface area contributed by atoms with Gasteiger partial charge in [-0.15, -0.1) is 11.3 Å². The molecule has 0 aliphatic heterocycles. The Morgan fingerprint density at radius 3 is 1.48 bits per heavy atom. The maximum Gasteiger partial charge on any atom is 0.0279 e. The summed E-state index contributed by atoms with van der Waals surface area (Å²) in [4.78, 5) is 2.69. The molecule has 4 aromatic carbocycles. The molecule has 0 aliphatic rings.